The van der Waals surface area contributed by atoms with Gasteiger partial charge in [-0.1, -0.05) is 29.5 Å². The highest BCUT2D eigenvalue weighted by molar-refractivity contribution is 6.05. The number of nitrogen functional groups attached to an aromatic ring is 1. The number of nitrogens with zero attached hydrogens (tertiary/aromatic N) is 3. The standard InChI is InChI=1S/C19H21N5O3/c1-12-6-4-5-7-13(12)11-24-18(20)17(22-23-24)19(25)21-14-8-15(26-2)10-16(9-14)27-3/h4-10H,11,20H2,1-3H3,(H,21,25). The number of nitrogens with one attached hydrogen (secondary N) is 1. The number of methoxy groups -OCH3 is 2. The third-order valence-corrected chi connectivity index (χ3v) is 4.18. The highest BCUT2D eigenvalue weighted by Crippen LogP contribution is 2.26. The van der Waals surface area contributed by atoms with E-state index in [9.17, 15) is 4.79 Å². The minimum Gasteiger partial charge on any atom is -0.497 e. The normalized spacial score (nSPS) is 10.5. The molecular weight excluding hydrogens is 346 g/mol. The van der Waals surface area contributed by atoms with E-state index in [4.69, 9.17) is 15.2 Å². The van der Waals surface area contributed by atoms with Crippen LogP contribution < -0.4 is 20.5 Å². The Kier molecular flexibility index (Phi) is 5.25. The minimum absolute atomic E-state index is 0.0605. The topological polar surface area (TPSA) is 104 Å². The lowest BCUT2D eigenvalue weighted by molar-refractivity contribution is 0.102. The number of hydrogen-bond acceptors (Lipinski definition) is 6. The Hall–Kier alpha value is -3.55. The smallest absolute Gasteiger partial charge is 0.280 e. The lowest BCUT2D eigenvalue weighted by atomic mass is 10.1. The van der Waals surface area contributed by atoms with E-state index in [1.165, 1.54) is 18.9 Å². The van der Waals surface area contributed by atoms with Crippen LogP contribution in [-0.2, 0) is 6.54 Å². The van der Waals surface area contributed by atoms with Gasteiger partial charge in [-0.05, 0) is 18.1 Å². The van der Waals surface area contributed by atoms with Crippen molar-refractivity contribution in [3.63, 3.8) is 0 Å². The maximum Gasteiger partial charge on any atom is 0.280 e. The molecule has 3 aromatic rings. The fourth-order valence-electron chi connectivity index (χ4n) is 2.62. The highest BCUT2D eigenvalue weighted by Gasteiger charge is 2.18. The molecule has 140 valence electrons. The monoisotopic (exact) mass is 367 g/mol. The van der Waals surface area contributed by atoms with Crippen LogP contribution in [0.2, 0.25) is 0 Å². The Balaban J connectivity index is 1.80. The summed E-state index contributed by atoms with van der Waals surface area (Å²) in [4.78, 5) is 12.6. The maximum atomic E-state index is 12.6. The van der Waals surface area contributed by atoms with E-state index >= 15 is 0 Å². The van der Waals surface area contributed by atoms with Crippen molar-refractivity contribution in [1.82, 2.24) is 15.0 Å². The van der Waals surface area contributed by atoms with Crippen molar-refractivity contribution in [2.24, 2.45) is 0 Å². The van der Waals surface area contributed by atoms with Crippen molar-refractivity contribution in [1.29, 1.82) is 0 Å². The van der Waals surface area contributed by atoms with Gasteiger partial charge >= 0.3 is 0 Å². The van der Waals surface area contributed by atoms with Crippen LogP contribution in [0, 0.1) is 6.92 Å². The molecule has 1 aromatic heterocycles. The summed E-state index contributed by atoms with van der Waals surface area (Å²) in [6, 6.07) is 13.0. The van der Waals surface area contributed by atoms with Gasteiger partial charge in [-0.25, -0.2) is 4.68 Å². The van der Waals surface area contributed by atoms with Crippen LogP contribution in [0.25, 0.3) is 0 Å². The SMILES string of the molecule is COc1cc(NC(=O)c2nnn(Cc3ccccc3C)c2N)cc(OC)c1. The molecule has 0 unspecified atom stereocenters. The molecule has 0 aliphatic rings. The van der Waals surface area contributed by atoms with Gasteiger partial charge in [0.05, 0.1) is 20.8 Å². The zero-order valence-electron chi connectivity index (χ0n) is 15.4. The predicted octanol–water partition coefficient (Wildman–Crippen LogP) is 2.49. The van der Waals surface area contributed by atoms with Gasteiger partial charge < -0.3 is 20.5 Å². The van der Waals surface area contributed by atoms with Crippen LogP contribution in [0.15, 0.2) is 42.5 Å². The Labute approximate surface area is 156 Å². The van der Waals surface area contributed by atoms with Crippen LogP contribution >= 0.6 is 0 Å². The van der Waals surface area contributed by atoms with Gasteiger partial charge in [0, 0.05) is 23.9 Å². The summed E-state index contributed by atoms with van der Waals surface area (Å²) in [6.07, 6.45) is 0. The molecule has 0 radical (unpaired) electrons. The number of ether oxygens (including phenoxy) is 2. The zero-order valence-corrected chi connectivity index (χ0v) is 15.4. The second kappa shape index (κ2) is 7.77. The fourth-order valence-corrected chi connectivity index (χ4v) is 2.62. The van der Waals surface area contributed by atoms with Gasteiger partial charge in [0.25, 0.3) is 5.91 Å². The maximum absolute atomic E-state index is 12.6. The Morgan fingerprint density at radius 1 is 1.15 bits per heavy atom. The summed E-state index contributed by atoms with van der Waals surface area (Å²) < 4.78 is 11.9. The first kappa shape index (κ1) is 18.2. The van der Waals surface area contributed by atoms with E-state index in [1.807, 2.05) is 31.2 Å². The second-order valence-electron chi connectivity index (χ2n) is 5.96. The van der Waals surface area contributed by atoms with Crippen molar-refractivity contribution < 1.29 is 14.3 Å². The molecule has 0 aliphatic heterocycles. The van der Waals surface area contributed by atoms with E-state index < -0.39 is 5.91 Å². The molecular formula is C19H21N5O3. The number of carbonyl (C=O) groups excluding carboxylic acids is 1. The van der Waals surface area contributed by atoms with Crippen molar-refractivity contribution in [3.05, 3.63) is 59.3 Å². The van der Waals surface area contributed by atoms with Crippen molar-refractivity contribution in [2.75, 3.05) is 25.3 Å². The molecule has 3 rings (SSSR count). The van der Waals surface area contributed by atoms with Crippen LogP contribution in [-0.4, -0.2) is 35.1 Å². The molecule has 3 N–H and O–H groups in total. The molecule has 0 atom stereocenters. The number of benzene rings is 2. The Morgan fingerprint density at radius 2 is 1.81 bits per heavy atom. The summed E-state index contributed by atoms with van der Waals surface area (Å²) >= 11 is 0. The number of aromatic nitrogens is 3. The summed E-state index contributed by atoms with van der Waals surface area (Å²) in [6.45, 7) is 2.44. The number of amides is 1. The Morgan fingerprint density at radius 3 is 2.44 bits per heavy atom. The largest absolute Gasteiger partial charge is 0.497 e. The molecule has 0 saturated heterocycles. The number of carbonyl (C=O) groups is 1. The predicted molar refractivity (Wildman–Crippen MR) is 102 cm³/mol. The number of aryl methyl sites for hydroxylation is 1. The van der Waals surface area contributed by atoms with Crippen LogP contribution in [0.3, 0.4) is 0 Å². The summed E-state index contributed by atoms with van der Waals surface area (Å²) in [5, 5.41) is 10.7. The van der Waals surface area contributed by atoms with E-state index in [1.54, 1.807) is 18.2 Å². The van der Waals surface area contributed by atoms with E-state index in [0.717, 1.165) is 11.1 Å². The fraction of sp³-hybridized carbons (Fsp3) is 0.211. The Bertz CT molecular complexity index is 945. The highest BCUT2D eigenvalue weighted by atomic mass is 16.5. The molecule has 1 amide bonds. The van der Waals surface area contributed by atoms with E-state index in [-0.39, 0.29) is 11.5 Å². The molecule has 0 bridgehead atoms. The first-order valence-corrected chi connectivity index (χ1v) is 8.29. The van der Waals surface area contributed by atoms with Crippen LogP contribution in [0.1, 0.15) is 21.6 Å². The van der Waals surface area contributed by atoms with E-state index in [2.05, 4.69) is 15.6 Å². The molecule has 0 saturated carbocycles. The molecule has 0 spiro atoms. The number of hydrogen-bond donors (Lipinski definition) is 2. The number of anilines is 2. The molecule has 27 heavy (non-hydrogen) atoms. The quantitative estimate of drug-likeness (QED) is 0.694. The van der Waals surface area contributed by atoms with E-state index in [0.29, 0.717) is 23.7 Å². The average Bonchev–Trinajstić information content (AvgIpc) is 3.03. The van der Waals surface area contributed by atoms with Gasteiger partial charge in [0.2, 0.25) is 0 Å². The van der Waals surface area contributed by atoms with Gasteiger partial charge in [-0.15, -0.1) is 5.10 Å². The van der Waals surface area contributed by atoms with Crippen molar-refractivity contribution in [3.8, 4) is 11.5 Å². The molecule has 0 aliphatic carbocycles. The van der Waals surface area contributed by atoms with Gasteiger partial charge in [0.15, 0.2) is 11.5 Å². The minimum atomic E-state index is -0.459. The molecule has 2 aromatic carbocycles. The molecule has 0 fully saturated rings. The lowest BCUT2D eigenvalue weighted by Crippen LogP contribution is -2.15. The third kappa shape index (κ3) is 4.00. The van der Waals surface area contributed by atoms with Gasteiger partial charge in [-0.2, -0.15) is 0 Å². The first-order chi connectivity index (χ1) is 13.0. The summed E-state index contributed by atoms with van der Waals surface area (Å²) in [7, 11) is 3.07. The van der Waals surface area contributed by atoms with Gasteiger partial charge in [0.1, 0.15) is 11.5 Å². The molecule has 1 heterocycles. The lowest BCUT2D eigenvalue weighted by Gasteiger charge is -2.09. The summed E-state index contributed by atoms with van der Waals surface area (Å²) in [5.74, 6) is 0.853. The van der Waals surface area contributed by atoms with Crippen LogP contribution in [0.4, 0.5) is 11.5 Å². The summed E-state index contributed by atoms with van der Waals surface area (Å²) in [5.41, 5.74) is 8.83. The molecule has 8 heteroatoms. The third-order valence-electron chi connectivity index (χ3n) is 4.18. The molecule has 8 nitrogen and oxygen atoms in total. The van der Waals surface area contributed by atoms with Gasteiger partial charge in [-0.3, -0.25) is 4.79 Å². The average molecular weight is 367 g/mol. The zero-order chi connectivity index (χ0) is 19.4. The van der Waals surface area contributed by atoms with Crippen LogP contribution in [0.5, 0.6) is 11.5 Å². The first-order valence-electron chi connectivity index (χ1n) is 8.29. The number of rotatable bonds is 6. The van der Waals surface area contributed by atoms with Crippen molar-refractivity contribution in [2.45, 2.75) is 13.5 Å². The number of nitrogens with two attached hydrogens (primary N) is 1. The van der Waals surface area contributed by atoms with Crippen molar-refractivity contribution >= 4 is 17.4 Å². The second-order valence-corrected chi connectivity index (χ2v) is 5.96.